The van der Waals surface area contributed by atoms with E-state index in [1.54, 1.807) is 19.1 Å². The Kier molecular flexibility index (Phi) is 5.71. The van der Waals surface area contributed by atoms with Gasteiger partial charge in [0, 0.05) is 19.3 Å². The van der Waals surface area contributed by atoms with Gasteiger partial charge in [0.2, 0.25) is 5.91 Å². The monoisotopic (exact) mass is 286 g/mol. The number of hydrogen-bond acceptors (Lipinski definition) is 5. The second-order valence-electron chi connectivity index (χ2n) is 3.66. The number of likely N-dealkylation sites (N-methyl/N-ethyl adjacent to an activating group) is 1. The predicted molar refractivity (Wildman–Crippen MR) is 72.3 cm³/mol. The Hall–Kier alpha value is -1.67. The maximum Gasteiger partial charge on any atom is 0.260 e. The maximum atomic E-state index is 12.0. The van der Waals surface area contributed by atoms with Gasteiger partial charge in [-0.05, 0) is 26.0 Å². The zero-order chi connectivity index (χ0) is 14.3. The molecule has 19 heavy (non-hydrogen) atoms. The van der Waals surface area contributed by atoms with Crippen LogP contribution in [0.2, 0.25) is 0 Å². The molecule has 0 aromatic carbocycles. The molecule has 1 heterocycles. The van der Waals surface area contributed by atoms with Gasteiger partial charge in [0.1, 0.15) is 0 Å². The van der Waals surface area contributed by atoms with Crippen molar-refractivity contribution in [2.24, 2.45) is 0 Å². The van der Waals surface area contributed by atoms with E-state index in [1.165, 1.54) is 6.20 Å². The third-order valence-corrected chi connectivity index (χ3v) is 3.55. The van der Waals surface area contributed by atoms with Crippen molar-refractivity contribution in [3.63, 3.8) is 0 Å². The Morgan fingerprint density at radius 3 is 2.68 bits per heavy atom. The quantitative estimate of drug-likeness (QED) is 0.651. The number of aromatic nitrogens is 1. The van der Waals surface area contributed by atoms with Crippen LogP contribution in [-0.4, -0.2) is 38.9 Å². The molecule has 7 nitrogen and oxygen atoms in total. The molecule has 1 amide bonds. The van der Waals surface area contributed by atoms with E-state index < -0.39 is 10.0 Å². The smallest absolute Gasteiger partial charge is 0.260 e. The minimum atomic E-state index is -3.81. The summed E-state index contributed by atoms with van der Waals surface area (Å²) in [7, 11) is -3.81. The Morgan fingerprint density at radius 1 is 1.32 bits per heavy atom. The molecule has 0 saturated heterocycles. The maximum absolute atomic E-state index is 12.0. The van der Waals surface area contributed by atoms with Crippen molar-refractivity contribution >= 4 is 21.6 Å². The van der Waals surface area contributed by atoms with Crippen LogP contribution in [0, 0.1) is 0 Å². The summed E-state index contributed by atoms with van der Waals surface area (Å²) in [6.45, 7) is 4.33. The van der Waals surface area contributed by atoms with Crippen LogP contribution in [0.5, 0.6) is 0 Å². The van der Waals surface area contributed by atoms with Gasteiger partial charge in [-0.15, -0.1) is 0 Å². The average molecular weight is 286 g/mol. The summed E-state index contributed by atoms with van der Waals surface area (Å²) < 4.78 is 26.3. The molecule has 1 aromatic heterocycles. The van der Waals surface area contributed by atoms with Crippen molar-refractivity contribution < 1.29 is 13.2 Å². The van der Waals surface area contributed by atoms with Gasteiger partial charge in [-0.2, -0.15) is 0 Å². The molecule has 0 bridgehead atoms. The molecule has 0 unspecified atom stereocenters. The standard InChI is InChI=1S/C11H18N4O3S/c1-3-12-9-6-5-7-14-11(9)19(17,18)15-8-10(16)13-4-2/h5-7,12,15H,3-4,8H2,1-2H3,(H,13,16). The normalized spacial score (nSPS) is 11.1. The third kappa shape index (κ3) is 4.49. The van der Waals surface area contributed by atoms with Crippen molar-refractivity contribution in [1.82, 2.24) is 15.0 Å². The van der Waals surface area contributed by atoms with Crippen molar-refractivity contribution in [3.05, 3.63) is 18.3 Å². The van der Waals surface area contributed by atoms with Gasteiger partial charge in [0.05, 0.1) is 12.2 Å². The predicted octanol–water partition coefficient (Wildman–Crippen LogP) is -0.0722. The molecule has 0 aliphatic rings. The molecule has 0 spiro atoms. The van der Waals surface area contributed by atoms with Gasteiger partial charge in [0.25, 0.3) is 10.0 Å². The zero-order valence-corrected chi connectivity index (χ0v) is 11.8. The molecule has 1 rings (SSSR count). The van der Waals surface area contributed by atoms with E-state index in [1.807, 2.05) is 6.92 Å². The molecular formula is C11H18N4O3S. The van der Waals surface area contributed by atoms with Gasteiger partial charge >= 0.3 is 0 Å². The first-order valence-electron chi connectivity index (χ1n) is 5.96. The Morgan fingerprint density at radius 2 is 2.05 bits per heavy atom. The molecular weight excluding hydrogens is 268 g/mol. The Balaban J connectivity index is 2.85. The van der Waals surface area contributed by atoms with Crippen LogP contribution in [0.4, 0.5) is 5.69 Å². The SMILES string of the molecule is CCNC(=O)CNS(=O)(=O)c1ncccc1NCC. The van der Waals surface area contributed by atoms with Crippen LogP contribution in [-0.2, 0) is 14.8 Å². The number of nitrogens with zero attached hydrogens (tertiary/aromatic N) is 1. The number of rotatable bonds is 7. The van der Waals surface area contributed by atoms with Crippen LogP contribution in [0.15, 0.2) is 23.4 Å². The molecule has 106 valence electrons. The van der Waals surface area contributed by atoms with Gasteiger partial charge in [-0.3, -0.25) is 4.79 Å². The highest BCUT2D eigenvalue weighted by Gasteiger charge is 2.20. The number of carbonyl (C=O) groups is 1. The second kappa shape index (κ2) is 7.05. The summed E-state index contributed by atoms with van der Waals surface area (Å²) >= 11 is 0. The lowest BCUT2D eigenvalue weighted by atomic mass is 10.4. The first-order valence-corrected chi connectivity index (χ1v) is 7.44. The fraction of sp³-hybridized carbons (Fsp3) is 0.455. The van der Waals surface area contributed by atoms with Crippen LogP contribution in [0.3, 0.4) is 0 Å². The molecule has 1 aromatic rings. The van der Waals surface area contributed by atoms with Crippen LogP contribution < -0.4 is 15.4 Å². The summed E-state index contributed by atoms with van der Waals surface area (Å²) in [5, 5.41) is 5.31. The number of pyridine rings is 1. The van der Waals surface area contributed by atoms with E-state index in [0.717, 1.165) is 0 Å². The molecule has 0 aliphatic heterocycles. The lowest BCUT2D eigenvalue weighted by Crippen LogP contribution is -2.37. The zero-order valence-electron chi connectivity index (χ0n) is 10.9. The van der Waals surface area contributed by atoms with Crippen molar-refractivity contribution in [2.75, 3.05) is 25.0 Å². The summed E-state index contributed by atoms with van der Waals surface area (Å²) in [6.07, 6.45) is 1.39. The fourth-order valence-electron chi connectivity index (χ4n) is 1.42. The third-order valence-electron chi connectivity index (χ3n) is 2.19. The minimum absolute atomic E-state index is 0.110. The lowest BCUT2D eigenvalue weighted by molar-refractivity contribution is -0.119. The molecule has 3 N–H and O–H groups in total. The summed E-state index contributed by atoms with van der Waals surface area (Å²) in [6, 6.07) is 3.26. The number of amides is 1. The van der Waals surface area contributed by atoms with Crippen LogP contribution in [0.25, 0.3) is 0 Å². The molecule has 0 fully saturated rings. The highest BCUT2D eigenvalue weighted by molar-refractivity contribution is 7.89. The van der Waals surface area contributed by atoms with Gasteiger partial charge in [0.15, 0.2) is 5.03 Å². The van der Waals surface area contributed by atoms with E-state index in [2.05, 4.69) is 20.3 Å². The summed E-state index contributed by atoms with van der Waals surface area (Å²) in [4.78, 5) is 15.1. The number of nitrogens with one attached hydrogen (secondary N) is 3. The molecule has 0 aliphatic carbocycles. The first kappa shape index (κ1) is 15.4. The number of carbonyl (C=O) groups excluding carboxylic acids is 1. The first-order chi connectivity index (χ1) is 9.01. The van der Waals surface area contributed by atoms with E-state index >= 15 is 0 Å². The van der Waals surface area contributed by atoms with Crippen molar-refractivity contribution in [2.45, 2.75) is 18.9 Å². The summed E-state index contributed by atoms with van der Waals surface area (Å²) in [5.74, 6) is -0.382. The Bertz CT molecular complexity index is 530. The van der Waals surface area contributed by atoms with Gasteiger partial charge < -0.3 is 10.6 Å². The average Bonchev–Trinajstić information content (AvgIpc) is 2.38. The highest BCUT2D eigenvalue weighted by Crippen LogP contribution is 2.17. The topological polar surface area (TPSA) is 100 Å². The summed E-state index contributed by atoms with van der Waals surface area (Å²) in [5.41, 5.74) is 0.411. The molecule has 0 radical (unpaired) electrons. The number of sulfonamides is 1. The van der Waals surface area contributed by atoms with E-state index in [0.29, 0.717) is 18.8 Å². The molecule has 0 atom stereocenters. The van der Waals surface area contributed by atoms with E-state index in [4.69, 9.17) is 0 Å². The minimum Gasteiger partial charge on any atom is -0.383 e. The number of hydrogen-bond donors (Lipinski definition) is 3. The van der Waals surface area contributed by atoms with Crippen LogP contribution >= 0.6 is 0 Å². The lowest BCUT2D eigenvalue weighted by Gasteiger charge is -2.10. The van der Waals surface area contributed by atoms with Crippen LogP contribution in [0.1, 0.15) is 13.8 Å². The number of anilines is 1. The molecule has 8 heteroatoms. The fourth-order valence-corrected chi connectivity index (χ4v) is 2.51. The second-order valence-corrected chi connectivity index (χ2v) is 5.35. The van der Waals surface area contributed by atoms with E-state index in [-0.39, 0.29) is 17.5 Å². The molecule has 0 saturated carbocycles. The largest absolute Gasteiger partial charge is 0.383 e. The van der Waals surface area contributed by atoms with Gasteiger partial charge in [-0.1, -0.05) is 0 Å². The highest BCUT2D eigenvalue weighted by atomic mass is 32.2. The van der Waals surface area contributed by atoms with Crippen molar-refractivity contribution in [1.29, 1.82) is 0 Å². The Labute approximate surface area is 112 Å². The van der Waals surface area contributed by atoms with Crippen molar-refractivity contribution in [3.8, 4) is 0 Å². The van der Waals surface area contributed by atoms with E-state index in [9.17, 15) is 13.2 Å². The van der Waals surface area contributed by atoms with Gasteiger partial charge in [-0.25, -0.2) is 18.1 Å².